The zero-order valence-corrected chi connectivity index (χ0v) is 10.2. The highest BCUT2D eigenvalue weighted by molar-refractivity contribution is 5.98. The summed E-state index contributed by atoms with van der Waals surface area (Å²) < 4.78 is 16.3. The van der Waals surface area contributed by atoms with Crippen LogP contribution in [0.2, 0.25) is 0 Å². The Morgan fingerprint density at radius 3 is 2.72 bits per heavy atom. The minimum Gasteiger partial charge on any atom is -0.486 e. The lowest BCUT2D eigenvalue weighted by molar-refractivity contribution is 0.0461. The van der Waals surface area contributed by atoms with E-state index in [4.69, 9.17) is 14.2 Å². The minimum atomic E-state index is -0.0127. The Morgan fingerprint density at radius 2 is 1.94 bits per heavy atom. The van der Waals surface area contributed by atoms with Crippen LogP contribution in [0.5, 0.6) is 11.5 Å². The molecule has 0 bridgehead atoms. The van der Waals surface area contributed by atoms with Crippen molar-refractivity contribution in [2.24, 2.45) is 5.92 Å². The molecule has 96 valence electrons. The lowest BCUT2D eigenvalue weighted by Gasteiger charge is -2.22. The molecule has 1 saturated heterocycles. The summed E-state index contributed by atoms with van der Waals surface area (Å²) in [4.78, 5) is 12.3. The van der Waals surface area contributed by atoms with Crippen LogP contribution in [0.1, 0.15) is 23.2 Å². The van der Waals surface area contributed by atoms with Gasteiger partial charge in [0.2, 0.25) is 0 Å². The molecule has 4 heteroatoms. The van der Waals surface area contributed by atoms with Crippen LogP contribution in [0, 0.1) is 5.92 Å². The first-order chi connectivity index (χ1) is 8.84. The Balaban J connectivity index is 1.80. The van der Waals surface area contributed by atoms with Gasteiger partial charge in [-0.1, -0.05) is 0 Å². The Bertz CT molecular complexity index is 449. The van der Waals surface area contributed by atoms with E-state index in [1.54, 1.807) is 6.07 Å². The summed E-state index contributed by atoms with van der Waals surface area (Å²) in [6.45, 7) is 2.41. The molecule has 4 nitrogen and oxygen atoms in total. The summed E-state index contributed by atoms with van der Waals surface area (Å²) >= 11 is 0. The highest BCUT2D eigenvalue weighted by atomic mass is 16.6. The van der Waals surface area contributed by atoms with E-state index in [0.717, 1.165) is 25.2 Å². The van der Waals surface area contributed by atoms with Gasteiger partial charge in [-0.25, -0.2) is 0 Å². The van der Waals surface area contributed by atoms with Crippen LogP contribution in [0.3, 0.4) is 0 Å². The molecule has 1 aromatic rings. The summed E-state index contributed by atoms with van der Waals surface area (Å²) in [6.07, 6.45) is 1.87. The van der Waals surface area contributed by atoms with Crippen LogP contribution in [0.25, 0.3) is 0 Å². The highest BCUT2D eigenvalue weighted by Crippen LogP contribution is 2.32. The first-order valence-corrected chi connectivity index (χ1v) is 6.36. The van der Waals surface area contributed by atoms with Crippen molar-refractivity contribution in [1.82, 2.24) is 0 Å². The van der Waals surface area contributed by atoms with Gasteiger partial charge in [-0.3, -0.25) is 4.79 Å². The third kappa shape index (κ3) is 2.20. The van der Waals surface area contributed by atoms with Gasteiger partial charge < -0.3 is 14.2 Å². The summed E-state index contributed by atoms with van der Waals surface area (Å²) in [5.41, 5.74) is 0.690. The predicted molar refractivity (Wildman–Crippen MR) is 65.3 cm³/mol. The van der Waals surface area contributed by atoms with Crippen LogP contribution in [0.15, 0.2) is 18.2 Å². The first kappa shape index (κ1) is 11.5. The van der Waals surface area contributed by atoms with E-state index < -0.39 is 0 Å². The van der Waals surface area contributed by atoms with E-state index in [1.807, 2.05) is 12.1 Å². The predicted octanol–water partition coefficient (Wildman–Crippen LogP) is 2.07. The lowest BCUT2D eigenvalue weighted by atomic mass is 9.92. The Morgan fingerprint density at radius 1 is 1.11 bits per heavy atom. The second-order valence-corrected chi connectivity index (χ2v) is 4.64. The molecule has 2 aliphatic heterocycles. The molecule has 1 atom stereocenters. The van der Waals surface area contributed by atoms with E-state index in [-0.39, 0.29) is 11.7 Å². The van der Waals surface area contributed by atoms with Crippen molar-refractivity contribution in [3.8, 4) is 11.5 Å². The van der Waals surface area contributed by atoms with Gasteiger partial charge in [0.05, 0.1) is 6.61 Å². The van der Waals surface area contributed by atoms with E-state index in [1.165, 1.54) is 0 Å². The van der Waals surface area contributed by atoms with Crippen LogP contribution in [-0.2, 0) is 4.74 Å². The average molecular weight is 248 g/mol. The smallest absolute Gasteiger partial charge is 0.168 e. The van der Waals surface area contributed by atoms with Crippen molar-refractivity contribution >= 4 is 5.78 Å². The van der Waals surface area contributed by atoms with E-state index in [9.17, 15) is 4.79 Å². The molecule has 3 rings (SSSR count). The van der Waals surface area contributed by atoms with Crippen molar-refractivity contribution < 1.29 is 19.0 Å². The molecule has 0 saturated carbocycles. The zero-order valence-electron chi connectivity index (χ0n) is 10.2. The molecule has 0 radical (unpaired) electrons. The van der Waals surface area contributed by atoms with Crippen LogP contribution in [0.4, 0.5) is 0 Å². The summed E-state index contributed by atoms with van der Waals surface area (Å²) in [5, 5.41) is 0. The van der Waals surface area contributed by atoms with E-state index in [2.05, 4.69) is 0 Å². The maximum absolute atomic E-state index is 12.3. The molecule has 18 heavy (non-hydrogen) atoms. The average Bonchev–Trinajstić information content (AvgIpc) is 2.47. The van der Waals surface area contributed by atoms with Gasteiger partial charge in [0.25, 0.3) is 0 Å². The normalized spacial score (nSPS) is 22.6. The number of rotatable bonds is 2. The van der Waals surface area contributed by atoms with Crippen molar-refractivity contribution in [2.45, 2.75) is 12.8 Å². The fourth-order valence-electron chi connectivity index (χ4n) is 2.38. The number of Topliss-reactive ketones (excluding diaryl/α,β-unsaturated/α-hetero) is 1. The lowest BCUT2D eigenvalue weighted by Crippen LogP contribution is -2.25. The maximum Gasteiger partial charge on any atom is 0.168 e. The van der Waals surface area contributed by atoms with Gasteiger partial charge in [-0.2, -0.15) is 0 Å². The number of carbonyl (C=O) groups is 1. The second kappa shape index (κ2) is 4.98. The number of benzene rings is 1. The number of ether oxygens (including phenoxy) is 3. The number of hydrogen-bond acceptors (Lipinski definition) is 4. The molecule has 0 amide bonds. The molecular weight excluding hydrogens is 232 g/mol. The minimum absolute atomic E-state index is 0.0127. The summed E-state index contributed by atoms with van der Waals surface area (Å²) in [6, 6.07) is 5.40. The highest BCUT2D eigenvalue weighted by Gasteiger charge is 2.24. The standard InChI is InChI=1S/C14H16O4/c15-14(11-2-1-5-16-9-11)10-3-4-12-13(8-10)18-7-6-17-12/h3-4,8,11H,1-2,5-7,9H2. The van der Waals surface area contributed by atoms with Gasteiger partial charge in [0.1, 0.15) is 13.2 Å². The molecule has 1 aromatic carbocycles. The monoisotopic (exact) mass is 248 g/mol. The molecular formula is C14H16O4. The molecule has 1 unspecified atom stereocenters. The fraction of sp³-hybridized carbons (Fsp3) is 0.500. The molecule has 1 fully saturated rings. The second-order valence-electron chi connectivity index (χ2n) is 4.64. The molecule has 0 N–H and O–H groups in total. The largest absolute Gasteiger partial charge is 0.486 e. The fourth-order valence-corrected chi connectivity index (χ4v) is 2.38. The van der Waals surface area contributed by atoms with Gasteiger partial charge in [0.15, 0.2) is 17.3 Å². The van der Waals surface area contributed by atoms with Crippen LogP contribution in [-0.4, -0.2) is 32.2 Å². The number of hydrogen-bond donors (Lipinski definition) is 0. The summed E-state index contributed by atoms with van der Waals surface area (Å²) in [7, 11) is 0. The molecule has 2 heterocycles. The van der Waals surface area contributed by atoms with Crippen molar-refractivity contribution in [2.75, 3.05) is 26.4 Å². The van der Waals surface area contributed by atoms with Gasteiger partial charge in [-0.05, 0) is 31.0 Å². The first-order valence-electron chi connectivity index (χ1n) is 6.36. The van der Waals surface area contributed by atoms with Crippen molar-refractivity contribution in [1.29, 1.82) is 0 Å². The number of fused-ring (bicyclic) bond motifs is 1. The van der Waals surface area contributed by atoms with Gasteiger partial charge in [0, 0.05) is 18.1 Å². The third-order valence-electron chi connectivity index (χ3n) is 3.36. The SMILES string of the molecule is O=C(c1ccc2c(c1)OCCO2)C1CCCOC1. The number of carbonyl (C=O) groups excluding carboxylic acids is 1. The quantitative estimate of drug-likeness (QED) is 0.751. The van der Waals surface area contributed by atoms with Crippen molar-refractivity contribution in [3.05, 3.63) is 23.8 Å². The molecule has 0 aliphatic carbocycles. The Labute approximate surface area is 106 Å². The van der Waals surface area contributed by atoms with Crippen molar-refractivity contribution in [3.63, 3.8) is 0 Å². The third-order valence-corrected chi connectivity index (χ3v) is 3.36. The zero-order chi connectivity index (χ0) is 12.4. The van der Waals surface area contributed by atoms with E-state index in [0.29, 0.717) is 31.1 Å². The topological polar surface area (TPSA) is 44.8 Å². The number of ketones is 1. The molecule has 0 spiro atoms. The van der Waals surface area contributed by atoms with Gasteiger partial charge >= 0.3 is 0 Å². The van der Waals surface area contributed by atoms with E-state index >= 15 is 0 Å². The van der Waals surface area contributed by atoms with Gasteiger partial charge in [-0.15, -0.1) is 0 Å². The van der Waals surface area contributed by atoms with Crippen LogP contribution < -0.4 is 9.47 Å². The molecule has 2 aliphatic rings. The molecule has 0 aromatic heterocycles. The maximum atomic E-state index is 12.3. The summed E-state index contributed by atoms with van der Waals surface area (Å²) in [5.74, 6) is 1.52. The van der Waals surface area contributed by atoms with Crippen LogP contribution >= 0.6 is 0 Å². The Hall–Kier alpha value is -1.55. The Kier molecular flexibility index (Phi) is 3.19.